The number of hydrogen-bond acceptors (Lipinski definition) is 7. The van der Waals surface area contributed by atoms with E-state index in [1.54, 1.807) is 26.4 Å². The highest BCUT2D eigenvalue weighted by Crippen LogP contribution is 2.36. The third kappa shape index (κ3) is 4.63. The number of ether oxygens (including phenoxy) is 1. The van der Waals surface area contributed by atoms with Crippen LogP contribution in [0.5, 0.6) is 0 Å². The second kappa shape index (κ2) is 9.16. The van der Waals surface area contributed by atoms with Crippen LogP contribution in [-0.4, -0.2) is 45.2 Å². The topological polar surface area (TPSA) is 119 Å². The monoisotopic (exact) mass is 480 g/mol. The van der Waals surface area contributed by atoms with E-state index in [-0.39, 0.29) is 11.1 Å². The molecule has 12 heteroatoms. The molecule has 0 fully saturated rings. The van der Waals surface area contributed by atoms with Crippen molar-refractivity contribution in [2.45, 2.75) is 13.0 Å². The van der Waals surface area contributed by atoms with Crippen molar-refractivity contribution in [2.75, 3.05) is 30.1 Å². The van der Waals surface area contributed by atoms with Gasteiger partial charge in [0.1, 0.15) is 5.82 Å². The SMILES string of the molecule is CNc1ncc(NC(=O)Nc2cnc(-n3nccn3)c(Cl)c2)c([C@H](C)OC)c1Br. The maximum absolute atomic E-state index is 12.5. The second-order valence-corrected chi connectivity index (χ2v) is 7.00. The van der Waals surface area contributed by atoms with E-state index in [9.17, 15) is 4.79 Å². The molecule has 3 aromatic rings. The van der Waals surface area contributed by atoms with Gasteiger partial charge in [-0.3, -0.25) is 0 Å². The lowest BCUT2D eigenvalue weighted by Gasteiger charge is -2.19. The number of hydrogen-bond donors (Lipinski definition) is 3. The average molecular weight is 482 g/mol. The standard InChI is InChI=1S/C17H18BrClN8O2/c1-9(29-3)13-12(8-21-15(20-2)14(13)18)26-17(28)25-10-6-11(19)16(22-7-10)27-23-4-5-24-27/h4-9H,1-3H3,(H,20,21)(H2,25,26,28)/t9-/m0/s1. The van der Waals surface area contributed by atoms with Gasteiger partial charge in [-0.2, -0.15) is 10.2 Å². The highest BCUT2D eigenvalue weighted by molar-refractivity contribution is 9.10. The Hall–Kier alpha value is -2.76. The van der Waals surface area contributed by atoms with E-state index in [1.165, 1.54) is 23.4 Å². The molecular formula is C17H18BrClN8O2. The Morgan fingerprint density at radius 3 is 2.59 bits per heavy atom. The Bertz CT molecular complexity index is 1010. The van der Waals surface area contributed by atoms with Gasteiger partial charge in [0.05, 0.1) is 51.8 Å². The molecule has 10 nitrogen and oxygen atoms in total. The lowest BCUT2D eigenvalue weighted by Crippen LogP contribution is -2.21. The van der Waals surface area contributed by atoms with E-state index < -0.39 is 6.03 Å². The fourth-order valence-electron chi connectivity index (χ4n) is 2.55. The number of aromatic nitrogens is 5. The van der Waals surface area contributed by atoms with E-state index in [1.807, 2.05) is 6.92 Å². The number of halogens is 2. The van der Waals surface area contributed by atoms with E-state index >= 15 is 0 Å². The van der Waals surface area contributed by atoms with Gasteiger partial charge in [-0.25, -0.2) is 14.8 Å². The molecule has 0 saturated carbocycles. The first-order chi connectivity index (χ1) is 13.9. The molecule has 29 heavy (non-hydrogen) atoms. The summed E-state index contributed by atoms with van der Waals surface area (Å²) in [4.78, 5) is 22.3. The number of nitrogens with zero attached hydrogens (tertiary/aromatic N) is 5. The third-order valence-electron chi connectivity index (χ3n) is 3.99. The summed E-state index contributed by atoms with van der Waals surface area (Å²) in [6, 6.07) is 1.08. The van der Waals surface area contributed by atoms with Crippen LogP contribution < -0.4 is 16.0 Å². The number of amides is 2. The molecule has 0 aliphatic heterocycles. The maximum atomic E-state index is 12.5. The van der Waals surface area contributed by atoms with E-state index in [0.29, 0.717) is 27.5 Å². The summed E-state index contributed by atoms with van der Waals surface area (Å²) in [5, 5.41) is 16.7. The Morgan fingerprint density at radius 1 is 1.24 bits per heavy atom. The predicted octanol–water partition coefficient (Wildman–Crippen LogP) is 3.87. The van der Waals surface area contributed by atoms with Crippen LogP contribution in [0.3, 0.4) is 0 Å². The molecule has 0 aliphatic rings. The van der Waals surface area contributed by atoms with Crippen molar-refractivity contribution in [1.82, 2.24) is 25.0 Å². The Labute approximate surface area is 180 Å². The van der Waals surface area contributed by atoms with E-state index in [4.69, 9.17) is 16.3 Å². The van der Waals surface area contributed by atoms with Crippen molar-refractivity contribution in [3.8, 4) is 5.82 Å². The highest BCUT2D eigenvalue weighted by atomic mass is 79.9. The molecule has 3 N–H and O–H groups in total. The summed E-state index contributed by atoms with van der Waals surface area (Å²) in [5.41, 5.74) is 1.65. The zero-order valence-corrected chi connectivity index (χ0v) is 18.1. The summed E-state index contributed by atoms with van der Waals surface area (Å²) >= 11 is 9.74. The minimum Gasteiger partial charge on any atom is -0.377 e. The normalized spacial score (nSPS) is 11.8. The van der Waals surface area contributed by atoms with Gasteiger partial charge in [-0.15, -0.1) is 4.80 Å². The van der Waals surface area contributed by atoms with Crippen LogP contribution in [0.2, 0.25) is 5.02 Å². The molecule has 2 amide bonds. The lowest BCUT2D eigenvalue weighted by molar-refractivity contribution is 0.119. The summed E-state index contributed by atoms with van der Waals surface area (Å²) in [5.74, 6) is 0.989. The maximum Gasteiger partial charge on any atom is 0.323 e. The van der Waals surface area contributed by atoms with Crippen LogP contribution in [0.25, 0.3) is 5.82 Å². The molecule has 1 atom stereocenters. The number of anilines is 3. The third-order valence-corrected chi connectivity index (χ3v) is 5.07. The molecule has 0 aliphatic carbocycles. The molecule has 3 heterocycles. The number of carbonyl (C=O) groups excluding carboxylic acids is 1. The molecule has 152 valence electrons. The van der Waals surface area contributed by atoms with Crippen LogP contribution in [0.15, 0.2) is 35.3 Å². The van der Waals surface area contributed by atoms with Gasteiger partial charge < -0.3 is 20.7 Å². The van der Waals surface area contributed by atoms with Crippen LogP contribution in [0.4, 0.5) is 22.0 Å². The van der Waals surface area contributed by atoms with Crippen molar-refractivity contribution in [3.05, 3.63) is 45.9 Å². The van der Waals surface area contributed by atoms with Crippen LogP contribution in [0, 0.1) is 0 Å². The minimum atomic E-state index is -0.483. The molecule has 0 radical (unpaired) electrons. The van der Waals surface area contributed by atoms with Gasteiger partial charge in [-0.1, -0.05) is 11.6 Å². The molecule has 0 unspecified atom stereocenters. The zero-order valence-electron chi connectivity index (χ0n) is 15.8. The van der Waals surface area contributed by atoms with E-state index in [0.717, 1.165) is 5.56 Å². The first-order valence-electron chi connectivity index (χ1n) is 8.43. The summed E-state index contributed by atoms with van der Waals surface area (Å²) < 4.78 is 6.12. The highest BCUT2D eigenvalue weighted by Gasteiger charge is 2.19. The van der Waals surface area contributed by atoms with Gasteiger partial charge in [-0.05, 0) is 28.9 Å². The average Bonchev–Trinajstić information content (AvgIpc) is 3.22. The van der Waals surface area contributed by atoms with Crippen molar-refractivity contribution >= 4 is 50.8 Å². The number of carbonyl (C=O) groups is 1. The Kier molecular flexibility index (Phi) is 6.62. The Morgan fingerprint density at radius 2 is 1.97 bits per heavy atom. The van der Waals surface area contributed by atoms with Gasteiger partial charge >= 0.3 is 6.03 Å². The van der Waals surface area contributed by atoms with Crippen molar-refractivity contribution < 1.29 is 9.53 Å². The first-order valence-corrected chi connectivity index (χ1v) is 9.60. The van der Waals surface area contributed by atoms with Gasteiger partial charge in [0.25, 0.3) is 0 Å². The quantitative estimate of drug-likeness (QED) is 0.489. The lowest BCUT2D eigenvalue weighted by atomic mass is 10.1. The number of pyridine rings is 2. The van der Waals surface area contributed by atoms with Gasteiger partial charge in [0.15, 0.2) is 5.82 Å². The number of methoxy groups -OCH3 is 1. The minimum absolute atomic E-state index is 0.285. The van der Waals surface area contributed by atoms with Crippen molar-refractivity contribution in [1.29, 1.82) is 0 Å². The number of rotatable bonds is 6. The van der Waals surface area contributed by atoms with Crippen LogP contribution >= 0.6 is 27.5 Å². The molecule has 0 bridgehead atoms. The Balaban J connectivity index is 1.79. The largest absolute Gasteiger partial charge is 0.377 e. The first kappa shape index (κ1) is 21.0. The number of nitrogens with one attached hydrogen (secondary N) is 3. The predicted molar refractivity (Wildman–Crippen MR) is 114 cm³/mol. The second-order valence-electron chi connectivity index (χ2n) is 5.80. The molecule has 3 rings (SSSR count). The van der Waals surface area contributed by atoms with E-state index in [2.05, 4.69) is 52.0 Å². The van der Waals surface area contributed by atoms with Gasteiger partial charge in [0, 0.05) is 19.7 Å². The molecule has 0 aromatic carbocycles. The molecule has 3 aromatic heterocycles. The summed E-state index contributed by atoms with van der Waals surface area (Å²) in [7, 11) is 3.34. The fraction of sp³-hybridized carbons (Fsp3) is 0.235. The summed E-state index contributed by atoms with van der Waals surface area (Å²) in [6.45, 7) is 1.87. The summed E-state index contributed by atoms with van der Waals surface area (Å²) in [6.07, 6.45) is 5.76. The molecule has 0 saturated heterocycles. The van der Waals surface area contributed by atoms with Gasteiger partial charge in [0.2, 0.25) is 0 Å². The molecule has 0 spiro atoms. The van der Waals surface area contributed by atoms with Crippen LogP contribution in [-0.2, 0) is 4.74 Å². The van der Waals surface area contributed by atoms with Crippen molar-refractivity contribution in [3.63, 3.8) is 0 Å². The zero-order chi connectivity index (χ0) is 21.0. The van der Waals surface area contributed by atoms with Crippen LogP contribution in [0.1, 0.15) is 18.6 Å². The fourth-order valence-corrected chi connectivity index (χ4v) is 3.62. The number of urea groups is 1. The van der Waals surface area contributed by atoms with Crippen molar-refractivity contribution in [2.24, 2.45) is 0 Å². The molecular weight excluding hydrogens is 464 g/mol. The smallest absolute Gasteiger partial charge is 0.323 e.